The van der Waals surface area contributed by atoms with E-state index in [-0.39, 0.29) is 5.91 Å². The minimum absolute atomic E-state index is 0.0660. The van der Waals surface area contributed by atoms with E-state index in [1.807, 2.05) is 11.9 Å². The topological polar surface area (TPSA) is 60.2 Å². The molecule has 5 heteroatoms. The Labute approximate surface area is 101 Å². The molecule has 0 radical (unpaired) electrons. The van der Waals surface area contributed by atoms with Gasteiger partial charge in [0.25, 0.3) is 5.91 Å². The number of amides is 1. The van der Waals surface area contributed by atoms with Gasteiger partial charge in [-0.15, -0.1) is 0 Å². The molecule has 17 heavy (non-hydrogen) atoms. The van der Waals surface area contributed by atoms with Crippen molar-refractivity contribution in [2.45, 2.75) is 6.42 Å². The van der Waals surface area contributed by atoms with Gasteiger partial charge in [-0.3, -0.25) is 4.79 Å². The lowest BCUT2D eigenvalue weighted by Gasteiger charge is -2.17. The summed E-state index contributed by atoms with van der Waals surface area (Å²) in [7, 11) is 5.28. The van der Waals surface area contributed by atoms with E-state index in [0.717, 1.165) is 5.82 Å². The normalized spacial score (nSPS) is 9.53. The smallest absolute Gasteiger partial charge is 0.254 e. The molecular weight excluding hydrogens is 216 g/mol. The molecule has 0 aliphatic rings. The van der Waals surface area contributed by atoms with Crippen LogP contribution in [0.2, 0.25) is 0 Å². The molecule has 0 aliphatic heterocycles. The van der Waals surface area contributed by atoms with Crippen molar-refractivity contribution in [1.82, 2.24) is 9.88 Å². The van der Waals surface area contributed by atoms with Crippen LogP contribution < -0.4 is 4.90 Å². The standard InChI is InChI=1S/C12H16N4O/c1-15(2)12(17)10-5-6-11(14-9-10)16(3)8-4-7-13/h5-6,9H,4,8H2,1-3H3. The van der Waals surface area contributed by atoms with Gasteiger partial charge in [0.05, 0.1) is 18.1 Å². The van der Waals surface area contributed by atoms with Crippen LogP contribution in [0.3, 0.4) is 0 Å². The summed E-state index contributed by atoms with van der Waals surface area (Å²) < 4.78 is 0. The highest BCUT2D eigenvalue weighted by atomic mass is 16.2. The molecule has 0 N–H and O–H groups in total. The minimum Gasteiger partial charge on any atom is -0.359 e. The van der Waals surface area contributed by atoms with Crippen molar-refractivity contribution in [2.24, 2.45) is 0 Å². The average Bonchev–Trinajstić information content (AvgIpc) is 2.35. The first-order valence-corrected chi connectivity index (χ1v) is 5.32. The molecule has 0 fully saturated rings. The zero-order chi connectivity index (χ0) is 12.8. The Bertz CT molecular complexity index is 419. The van der Waals surface area contributed by atoms with Gasteiger partial charge in [0.2, 0.25) is 0 Å². The minimum atomic E-state index is -0.0660. The van der Waals surface area contributed by atoms with Gasteiger partial charge in [0.15, 0.2) is 0 Å². The molecule has 0 saturated carbocycles. The maximum absolute atomic E-state index is 11.6. The van der Waals surface area contributed by atoms with Crippen LogP contribution >= 0.6 is 0 Å². The van der Waals surface area contributed by atoms with Gasteiger partial charge in [-0.2, -0.15) is 5.26 Å². The monoisotopic (exact) mass is 232 g/mol. The number of carbonyl (C=O) groups excluding carboxylic acids is 1. The number of carbonyl (C=O) groups is 1. The number of hydrogen-bond donors (Lipinski definition) is 0. The fraction of sp³-hybridized carbons (Fsp3) is 0.417. The number of aromatic nitrogens is 1. The molecular formula is C12H16N4O. The van der Waals surface area contributed by atoms with Crippen LogP contribution in [0.4, 0.5) is 5.82 Å². The largest absolute Gasteiger partial charge is 0.359 e. The number of nitriles is 1. The molecule has 5 nitrogen and oxygen atoms in total. The quantitative estimate of drug-likeness (QED) is 0.781. The zero-order valence-electron chi connectivity index (χ0n) is 10.3. The van der Waals surface area contributed by atoms with Crippen molar-refractivity contribution in [3.63, 3.8) is 0 Å². The lowest BCUT2D eigenvalue weighted by molar-refractivity contribution is 0.0827. The summed E-state index contributed by atoms with van der Waals surface area (Å²) in [5.74, 6) is 0.694. The van der Waals surface area contributed by atoms with E-state index in [2.05, 4.69) is 11.1 Å². The Balaban J connectivity index is 2.74. The molecule has 1 aromatic rings. The predicted octanol–water partition coefficient (Wildman–Crippen LogP) is 1.13. The Hall–Kier alpha value is -2.09. The number of pyridine rings is 1. The molecule has 0 unspecified atom stereocenters. The van der Waals surface area contributed by atoms with Crippen LogP contribution in [-0.2, 0) is 0 Å². The highest BCUT2D eigenvalue weighted by Gasteiger charge is 2.09. The number of nitrogens with zero attached hydrogens (tertiary/aromatic N) is 4. The maximum Gasteiger partial charge on any atom is 0.254 e. The van der Waals surface area contributed by atoms with E-state index >= 15 is 0 Å². The predicted molar refractivity (Wildman–Crippen MR) is 65.8 cm³/mol. The van der Waals surface area contributed by atoms with Crippen LogP contribution in [-0.4, -0.2) is 43.5 Å². The summed E-state index contributed by atoms with van der Waals surface area (Å²) in [6, 6.07) is 5.61. The van der Waals surface area contributed by atoms with Gasteiger partial charge in [-0.1, -0.05) is 0 Å². The van der Waals surface area contributed by atoms with E-state index < -0.39 is 0 Å². The highest BCUT2D eigenvalue weighted by Crippen LogP contribution is 2.10. The first-order valence-electron chi connectivity index (χ1n) is 5.32. The van der Waals surface area contributed by atoms with E-state index in [0.29, 0.717) is 18.5 Å². The maximum atomic E-state index is 11.6. The summed E-state index contributed by atoms with van der Waals surface area (Å²) in [6.45, 7) is 0.629. The Morgan fingerprint density at radius 3 is 2.59 bits per heavy atom. The van der Waals surface area contributed by atoms with Crippen LogP contribution in [0, 0.1) is 11.3 Å². The fourth-order valence-corrected chi connectivity index (χ4v) is 1.33. The third-order valence-corrected chi connectivity index (χ3v) is 2.35. The summed E-state index contributed by atoms with van der Waals surface area (Å²) in [4.78, 5) is 19.2. The number of rotatable bonds is 4. The van der Waals surface area contributed by atoms with Crippen LogP contribution in [0.25, 0.3) is 0 Å². The van der Waals surface area contributed by atoms with Gasteiger partial charge in [-0.25, -0.2) is 4.98 Å². The van der Waals surface area contributed by atoms with Crippen molar-refractivity contribution in [3.8, 4) is 6.07 Å². The molecule has 1 rings (SSSR count). The molecule has 0 aliphatic carbocycles. The molecule has 1 amide bonds. The van der Waals surface area contributed by atoms with Gasteiger partial charge >= 0.3 is 0 Å². The second-order valence-corrected chi connectivity index (χ2v) is 3.93. The SMILES string of the molecule is CN(C)C(=O)c1ccc(N(C)CCC#N)nc1. The fourth-order valence-electron chi connectivity index (χ4n) is 1.33. The zero-order valence-corrected chi connectivity index (χ0v) is 10.3. The Morgan fingerprint density at radius 2 is 2.12 bits per heavy atom. The van der Waals surface area contributed by atoms with Gasteiger partial charge in [0.1, 0.15) is 5.82 Å². The van der Waals surface area contributed by atoms with Crippen LogP contribution in [0.15, 0.2) is 18.3 Å². The summed E-state index contributed by atoms with van der Waals surface area (Å²) in [5.41, 5.74) is 0.562. The molecule has 0 bridgehead atoms. The van der Waals surface area contributed by atoms with Crippen molar-refractivity contribution in [2.75, 3.05) is 32.6 Å². The first kappa shape index (κ1) is 13.0. The molecule has 1 heterocycles. The van der Waals surface area contributed by atoms with E-state index in [1.54, 1.807) is 32.4 Å². The summed E-state index contributed by atoms with van der Waals surface area (Å²) in [6.07, 6.45) is 2.01. The Morgan fingerprint density at radius 1 is 1.41 bits per heavy atom. The van der Waals surface area contributed by atoms with Crippen molar-refractivity contribution < 1.29 is 4.79 Å². The van der Waals surface area contributed by atoms with Crippen molar-refractivity contribution in [3.05, 3.63) is 23.9 Å². The third kappa shape index (κ3) is 3.45. The molecule has 90 valence electrons. The van der Waals surface area contributed by atoms with Gasteiger partial charge in [0, 0.05) is 33.9 Å². The molecule has 0 aromatic carbocycles. The molecule has 1 aromatic heterocycles. The Kier molecular flexibility index (Phi) is 4.46. The highest BCUT2D eigenvalue weighted by molar-refractivity contribution is 5.93. The summed E-state index contributed by atoms with van der Waals surface area (Å²) >= 11 is 0. The second-order valence-electron chi connectivity index (χ2n) is 3.93. The first-order chi connectivity index (χ1) is 8.06. The average molecular weight is 232 g/mol. The van der Waals surface area contributed by atoms with E-state index in [1.165, 1.54) is 4.90 Å². The van der Waals surface area contributed by atoms with E-state index in [9.17, 15) is 4.79 Å². The van der Waals surface area contributed by atoms with Gasteiger partial charge < -0.3 is 9.80 Å². The van der Waals surface area contributed by atoms with Crippen molar-refractivity contribution >= 4 is 11.7 Å². The number of hydrogen-bond acceptors (Lipinski definition) is 4. The van der Waals surface area contributed by atoms with Crippen LogP contribution in [0.1, 0.15) is 16.8 Å². The lowest BCUT2D eigenvalue weighted by atomic mass is 10.2. The van der Waals surface area contributed by atoms with Crippen molar-refractivity contribution in [1.29, 1.82) is 5.26 Å². The van der Waals surface area contributed by atoms with Crippen LogP contribution in [0.5, 0.6) is 0 Å². The molecule has 0 spiro atoms. The number of anilines is 1. The summed E-state index contributed by atoms with van der Waals surface area (Å²) in [5, 5.41) is 8.49. The third-order valence-electron chi connectivity index (χ3n) is 2.35. The second kappa shape index (κ2) is 5.85. The molecule has 0 saturated heterocycles. The van der Waals surface area contributed by atoms with Gasteiger partial charge in [-0.05, 0) is 12.1 Å². The van der Waals surface area contributed by atoms with E-state index in [4.69, 9.17) is 5.26 Å². The molecule has 0 atom stereocenters. The lowest BCUT2D eigenvalue weighted by Crippen LogP contribution is -2.23.